The van der Waals surface area contributed by atoms with Gasteiger partial charge in [0.25, 0.3) is 0 Å². The number of para-hydroxylation sites is 1. The number of rotatable bonds is 9. The van der Waals surface area contributed by atoms with E-state index in [4.69, 9.17) is 21.7 Å². The maximum absolute atomic E-state index is 5.68. The summed E-state index contributed by atoms with van der Waals surface area (Å²) in [6.45, 7) is 1.62. The normalized spacial score (nSPS) is 10.5. The van der Waals surface area contributed by atoms with E-state index in [1.165, 1.54) is 0 Å². The van der Waals surface area contributed by atoms with Gasteiger partial charge in [0.15, 0.2) is 5.11 Å². The molecule has 0 spiro atoms. The zero-order valence-corrected chi connectivity index (χ0v) is 16.8. The molecule has 5 nitrogen and oxygen atoms in total. The van der Waals surface area contributed by atoms with Crippen molar-refractivity contribution in [3.63, 3.8) is 0 Å². The van der Waals surface area contributed by atoms with Crippen molar-refractivity contribution < 1.29 is 9.47 Å². The fourth-order valence-electron chi connectivity index (χ4n) is 2.47. The van der Waals surface area contributed by atoms with Crippen molar-refractivity contribution >= 4 is 23.5 Å². The Balaban J connectivity index is 1.34. The topological polar surface area (TPSA) is 54.9 Å². The zero-order valence-electron chi connectivity index (χ0n) is 16.0. The third kappa shape index (κ3) is 7.63. The Morgan fingerprint density at radius 3 is 2.03 bits per heavy atom. The Labute approximate surface area is 176 Å². The zero-order chi connectivity index (χ0) is 20.2. The van der Waals surface area contributed by atoms with Gasteiger partial charge in [-0.2, -0.15) is 5.10 Å². The molecule has 0 bridgehead atoms. The van der Waals surface area contributed by atoms with Crippen LogP contribution in [0.25, 0.3) is 0 Å². The van der Waals surface area contributed by atoms with Crippen LogP contribution in [-0.2, 0) is 6.54 Å². The minimum Gasteiger partial charge on any atom is -0.490 e. The molecular formula is C23H23N3O2S. The molecule has 29 heavy (non-hydrogen) atoms. The molecule has 0 radical (unpaired) electrons. The summed E-state index contributed by atoms with van der Waals surface area (Å²) >= 11 is 5.22. The van der Waals surface area contributed by atoms with Gasteiger partial charge in [0.2, 0.25) is 0 Å². The number of nitrogens with zero attached hydrogens (tertiary/aromatic N) is 1. The van der Waals surface area contributed by atoms with Gasteiger partial charge in [-0.1, -0.05) is 48.5 Å². The van der Waals surface area contributed by atoms with Crippen molar-refractivity contribution in [2.75, 3.05) is 13.2 Å². The van der Waals surface area contributed by atoms with Crippen LogP contribution in [0.2, 0.25) is 0 Å². The SMILES string of the molecule is S=C(NCc1ccccc1)N/N=C/c1ccc(OCCOc2ccccc2)cc1. The highest BCUT2D eigenvalue weighted by molar-refractivity contribution is 7.80. The smallest absolute Gasteiger partial charge is 0.187 e. The second-order valence-electron chi connectivity index (χ2n) is 6.12. The number of nitrogens with one attached hydrogen (secondary N) is 2. The van der Waals surface area contributed by atoms with Gasteiger partial charge < -0.3 is 14.8 Å². The van der Waals surface area contributed by atoms with Gasteiger partial charge in [0, 0.05) is 6.54 Å². The quantitative estimate of drug-likeness (QED) is 0.243. The van der Waals surface area contributed by atoms with Gasteiger partial charge in [-0.05, 0) is 59.7 Å². The van der Waals surface area contributed by atoms with E-state index >= 15 is 0 Å². The molecule has 0 aliphatic rings. The molecule has 0 fully saturated rings. The van der Waals surface area contributed by atoms with Gasteiger partial charge in [0.05, 0.1) is 6.21 Å². The maximum Gasteiger partial charge on any atom is 0.187 e. The molecule has 0 aromatic heterocycles. The Bertz CT molecular complexity index is 900. The van der Waals surface area contributed by atoms with Crippen LogP contribution in [0, 0.1) is 0 Å². The van der Waals surface area contributed by atoms with Crippen LogP contribution >= 0.6 is 12.2 Å². The number of hydrogen-bond donors (Lipinski definition) is 2. The summed E-state index contributed by atoms with van der Waals surface area (Å²) in [7, 11) is 0. The van der Waals surface area contributed by atoms with Crippen molar-refractivity contribution in [3.05, 3.63) is 96.1 Å². The molecule has 0 unspecified atom stereocenters. The first kappa shape index (κ1) is 20.4. The van der Waals surface area contributed by atoms with Crippen molar-refractivity contribution in [2.24, 2.45) is 5.10 Å². The molecule has 0 amide bonds. The number of thiocarbonyl (C=S) groups is 1. The predicted octanol–water partition coefficient (Wildman–Crippen LogP) is 4.14. The third-order valence-electron chi connectivity index (χ3n) is 3.92. The highest BCUT2D eigenvalue weighted by atomic mass is 32.1. The molecular weight excluding hydrogens is 382 g/mol. The number of ether oxygens (including phenoxy) is 2. The fourth-order valence-corrected chi connectivity index (χ4v) is 2.59. The van der Waals surface area contributed by atoms with Crippen LogP contribution in [-0.4, -0.2) is 24.5 Å². The van der Waals surface area contributed by atoms with Gasteiger partial charge >= 0.3 is 0 Å². The van der Waals surface area contributed by atoms with E-state index in [0.29, 0.717) is 24.9 Å². The molecule has 0 heterocycles. The lowest BCUT2D eigenvalue weighted by atomic mass is 10.2. The minimum atomic E-state index is 0.475. The summed E-state index contributed by atoms with van der Waals surface area (Å²) < 4.78 is 11.3. The molecule has 0 saturated carbocycles. The van der Waals surface area contributed by atoms with Gasteiger partial charge in [-0.15, -0.1) is 0 Å². The molecule has 0 saturated heterocycles. The molecule has 3 rings (SSSR count). The van der Waals surface area contributed by atoms with Gasteiger partial charge in [-0.25, -0.2) is 0 Å². The van der Waals surface area contributed by atoms with E-state index in [0.717, 1.165) is 22.6 Å². The standard InChI is InChI=1S/C23H23N3O2S/c29-23(24-17-19-7-3-1-4-8-19)26-25-18-20-11-13-22(14-12-20)28-16-15-27-21-9-5-2-6-10-21/h1-14,18H,15-17H2,(H2,24,26,29)/b25-18+. The molecule has 148 valence electrons. The van der Waals surface area contributed by atoms with Crippen molar-refractivity contribution in [1.29, 1.82) is 0 Å². The lowest BCUT2D eigenvalue weighted by Crippen LogP contribution is -2.31. The fraction of sp³-hybridized carbons (Fsp3) is 0.130. The average molecular weight is 406 g/mol. The van der Waals surface area contributed by atoms with Crippen LogP contribution in [0.4, 0.5) is 0 Å². The maximum atomic E-state index is 5.68. The number of benzene rings is 3. The van der Waals surface area contributed by atoms with Crippen LogP contribution in [0.3, 0.4) is 0 Å². The summed E-state index contributed by atoms with van der Waals surface area (Å²) in [5.74, 6) is 1.62. The first-order chi connectivity index (χ1) is 14.3. The predicted molar refractivity (Wildman–Crippen MR) is 120 cm³/mol. The summed E-state index contributed by atoms with van der Waals surface area (Å²) in [5.41, 5.74) is 4.91. The molecule has 3 aromatic rings. The van der Waals surface area contributed by atoms with Gasteiger partial charge in [0.1, 0.15) is 24.7 Å². The van der Waals surface area contributed by atoms with E-state index in [9.17, 15) is 0 Å². The Kier molecular flexibility index (Phi) is 8.04. The first-order valence-electron chi connectivity index (χ1n) is 9.31. The highest BCUT2D eigenvalue weighted by Gasteiger charge is 1.97. The highest BCUT2D eigenvalue weighted by Crippen LogP contribution is 2.12. The molecule has 2 N–H and O–H groups in total. The minimum absolute atomic E-state index is 0.475. The van der Waals surface area contributed by atoms with E-state index in [1.807, 2.05) is 84.9 Å². The van der Waals surface area contributed by atoms with E-state index in [-0.39, 0.29) is 0 Å². The number of hydrogen-bond acceptors (Lipinski definition) is 4. The van der Waals surface area contributed by atoms with Crippen LogP contribution in [0.15, 0.2) is 90.0 Å². The lowest BCUT2D eigenvalue weighted by molar-refractivity contribution is 0.217. The van der Waals surface area contributed by atoms with Gasteiger partial charge in [-0.3, -0.25) is 5.43 Å². The second kappa shape index (κ2) is 11.5. The summed E-state index contributed by atoms with van der Waals surface area (Å²) in [6, 6.07) is 27.4. The molecule has 0 aliphatic carbocycles. The Morgan fingerprint density at radius 2 is 1.38 bits per heavy atom. The monoisotopic (exact) mass is 405 g/mol. The molecule has 6 heteroatoms. The Morgan fingerprint density at radius 1 is 0.793 bits per heavy atom. The van der Waals surface area contributed by atoms with Crippen LogP contribution in [0.5, 0.6) is 11.5 Å². The summed E-state index contributed by atoms with van der Waals surface area (Å²) in [6.07, 6.45) is 1.71. The third-order valence-corrected chi connectivity index (χ3v) is 4.16. The largest absolute Gasteiger partial charge is 0.490 e. The van der Waals surface area contributed by atoms with Crippen molar-refractivity contribution in [3.8, 4) is 11.5 Å². The van der Waals surface area contributed by atoms with Crippen molar-refractivity contribution in [2.45, 2.75) is 6.54 Å². The van der Waals surface area contributed by atoms with E-state index < -0.39 is 0 Å². The van der Waals surface area contributed by atoms with Crippen molar-refractivity contribution in [1.82, 2.24) is 10.7 Å². The second-order valence-corrected chi connectivity index (χ2v) is 6.53. The summed E-state index contributed by atoms with van der Waals surface area (Å²) in [5, 5.41) is 7.74. The summed E-state index contributed by atoms with van der Waals surface area (Å²) in [4.78, 5) is 0. The van der Waals surface area contributed by atoms with Crippen LogP contribution in [0.1, 0.15) is 11.1 Å². The average Bonchev–Trinajstić information content (AvgIpc) is 2.78. The first-order valence-corrected chi connectivity index (χ1v) is 9.72. The van der Waals surface area contributed by atoms with Crippen LogP contribution < -0.4 is 20.2 Å². The molecule has 0 atom stereocenters. The van der Waals surface area contributed by atoms with E-state index in [2.05, 4.69) is 15.8 Å². The number of hydrazone groups is 1. The molecule has 0 aliphatic heterocycles. The molecule has 3 aromatic carbocycles. The lowest BCUT2D eigenvalue weighted by Gasteiger charge is -2.08. The van der Waals surface area contributed by atoms with E-state index in [1.54, 1.807) is 6.21 Å². The Hall–Kier alpha value is -3.38.